The monoisotopic (exact) mass is 339 g/mol. The molecule has 25 heavy (non-hydrogen) atoms. The van der Waals surface area contributed by atoms with Gasteiger partial charge in [-0.1, -0.05) is 49.7 Å². The van der Waals surface area contributed by atoms with Crippen LogP contribution in [0.2, 0.25) is 0 Å². The Morgan fingerprint density at radius 3 is 2.48 bits per heavy atom. The van der Waals surface area contributed by atoms with E-state index in [-0.39, 0.29) is 17.9 Å². The van der Waals surface area contributed by atoms with Crippen molar-refractivity contribution in [3.63, 3.8) is 0 Å². The van der Waals surface area contributed by atoms with Crippen molar-refractivity contribution in [1.29, 1.82) is 0 Å². The molecule has 0 fully saturated rings. The number of carbonyl (C=O) groups excluding carboxylic acids is 1. The molecule has 0 aromatic heterocycles. The Hall–Kier alpha value is -2.49. The summed E-state index contributed by atoms with van der Waals surface area (Å²) in [6.45, 7) is 5.24. The molecule has 2 aromatic carbocycles. The van der Waals surface area contributed by atoms with E-state index < -0.39 is 0 Å². The van der Waals surface area contributed by atoms with Gasteiger partial charge in [0, 0.05) is 0 Å². The van der Waals surface area contributed by atoms with E-state index in [0.29, 0.717) is 13.2 Å². The summed E-state index contributed by atoms with van der Waals surface area (Å²) in [6.07, 6.45) is 1.80. The third kappa shape index (κ3) is 4.13. The molecule has 1 N–H and O–H groups in total. The lowest BCUT2D eigenvalue weighted by Crippen LogP contribution is -2.31. The molecule has 4 heteroatoms. The SMILES string of the molecule is CCCC(C(=O)NC(C)c1ccc2c(c1)OCCO2)c1ccccc1. The molecule has 1 heterocycles. The van der Waals surface area contributed by atoms with E-state index in [2.05, 4.69) is 12.2 Å². The van der Waals surface area contributed by atoms with E-state index in [1.165, 1.54) is 0 Å². The summed E-state index contributed by atoms with van der Waals surface area (Å²) in [7, 11) is 0. The fraction of sp³-hybridized carbons (Fsp3) is 0.381. The first-order chi connectivity index (χ1) is 12.2. The Balaban J connectivity index is 1.72. The summed E-state index contributed by atoms with van der Waals surface area (Å²) in [5.41, 5.74) is 2.08. The largest absolute Gasteiger partial charge is 0.486 e. The van der Waals surface area contributed by atoms with Gasteiger partial charge in [-0.3, -0.25) is 4.79 Å². The van der Waals surface area contributed by atoms with Crippen molar-refractivity contribution in [1.82, 2.24) is 5.32 Å². The van der Waals surface area contributed by atoms with Gasteiger partial charge in [-0.15, -0.1) is 0 Å². The Morgan fingerprint density at radius 2 is 1.76 bits per heavy atom. The predicted molar refractivity (Wildman–Crippen MR) is 98.1 cm³/mol. The third-order valence-electron chi connectivity index (χ3n) is 4.52. The molecule has 3 rings (SSSR count). The number of hydrogen-bond donors (Lipinski definition) is 1. The summed E-state index contributed by atoms with van der Waals surface area (Å²) in [5.74, 6) is 1.46. The van der Waals surface area contributed by atoms with Crippen LogP contribution >= 0.6 is 0 Å². The molecule has 0 saturated heterocycles. The zero-order valence-electron chi connectivity index (χ0n) is 14.8. The Labute approximate surface area is 149 Å². The second kappa shape index (κ2) is 8.06. The van der Waals surface area contributed by atoms with Crippen LogP contribution in [0.4, 0.5) is 0 Å². The molecule has 1 aliphatic heterocycles. The van der Waals surface area contributed by atoms with Gasteiger partial charge in [0.25, 0.3) is 0 Å². The molecule has 2 atom stereocenters. The summed E-state index contributed by atoms with van der Waals surface area (Å²) in [5, 5.41) is 3.15. The van der Waals surface area contributed by atoms with Crippen LogP contribution in [-0.2, 0) is 4.79 Å². The van der Waals surface area contributed by atoms with Crippen molar-refractivity contribution in [2.24, 2.45) is 0 Å². The van der Waals surface area contributed by atoms with Crippen LogP contribution < -0.4 is 14.8 Å². The quantitative estimate of drug-likeness (QED) is 0.857. The van der Waals surface area contributed by atoms with Crippen LogP contribution in [0, 0.1) is 0 Å². The molecule has 2 aromatic rings. The van der Waals surface area contributed by atoms with Gasteiger partial charge in [0.05, 0.1) is 12.0 Å². The average molecular weight is 339 g/mol. The van der Waals surface area contributed by atoms with Gasteiger partial charge in [-0.25, -0.2) is 0 Å². The van der Waals surface area contributed by atoms with Crippen molar-refractivity contribution in [3.8, 4) is 11.5 Å². The number of hydrogen-bond acceptors (Lipinski definition) is 3. The highest BCUT2D eigenvalue weighted by atomic mass is 16.6. The lowest BCUT2D eigenvalue weighted by molar-refractivity contribution is -0.123. The van der Waals surface area contributed by atoms with Crippen molar-refractivity contribution in [2.75, 3.05) is 13.2 Å². The first-order valence-electron chi connectivity index (χ1n) is 8.94. The molecule has 0 bridgehead atoms. The number of rotatable bonds is 6. The normalized spacial score (nSPS) is 15.3. The van der Waals surface area contributed by atoms with Gasteiger partial charge in [-0.2, -0.15) is 0 Å². The molecule has 4 nitrogen and oxygen atoms in total. The van der Waals surface area contributed by atoms with E-state index in [1.807, 2.05) is 55.5 Å². The summed E-state index contributed by atoms with van der Waals surface area (Å²) >= 11 is 0. The molecular weight excluding hydrogens is 314 g/mol. The number of fused-ring (bicyclic) bond motifs is 1. The minimum atomic E-state index is -0.120. The van der Waals surface area contributed by atoms with Crippen LogP contribution in [0.25, 0.3) is 0 Å². The van der Waals surface area contributed by atoms with E-state index in [0.717, 1.165) is 35.5 Å². The molecule has 1 amide bonds. The zero-order chi connectivity index (χ0) is 17.6. The molecule has 0 radical (unpaired) electrons. The molecule has 0 spiro atoms. The van der Waals surface area contributed by atoms with Crippen molar-refractivity contribution in [3.05, 3.63) is 59.7 Å². The van der Waals surface area contributed by atoms with Crippen molar-refractivity contribution in [2.45, 2.75) is 38.6 Å². The van der Waals surface area contributed by atoms with Crippen molar-refractivity contribution >= 4 is 5.91 Å². The maximum Gasteiger partial charge on any atom is 0.228 e. The average Bonchev–Trinajstić information content (AvgIpc) is 2.66. The molecule has 0 saturated carbocycles. The van der Waals surface area contributed by atoms with Gasteiger partial charge in [0.2, 0.25) is 5.91 Å². The van der Waals surface area contributed by atoms with Gasteiger partial charge < -0.3 is 14.8 Å². The molecule has 0 aliphatic carbocycles. The van der Waals surface area contributed by atoms with Gasteiger partial charge in [0.1, 0.15) is 13.2 Å². The van der Waals surface area contributed by atoms with Crippen LogP contribution in [0.5, 0.6) is 11.5 Å². The second-order valence-corrected chi connectivity index (χ2v) is 6.39. The maximum atomic E-state index is 12.8. The predicted octanol–water partition coefficient (Wildman–Crippen LogP) is 4.22. The van der Waals surface area contributed by atoms with Gasteiger partial charge in [-0.05, 0) is 36.6 Å². The minimum absolute atomic E-state index is 0.0652. The summed E-state index contributed by atoms with van der Waals surface area (Å²) < 4.78 is 11.2. The van der Waals surface area contributed by atoms with Crippen molar-refractivity contribution < 1.29 is 14.3 Å². The summed E-state index contributed by atoms with van der Waals surface area (Å²) in [4.78, 5) is 12.8. The van der Waals surface area contributed by atoms with Crippen LogP contribution in [0.1, 0.15) is 49.8 Å². The third-order valence-corrected chi connectivity index (χ3v) is 4.52. The van der Waals surface area contributed by atoms with Gasteiger partial charge >= 0.3 is 0 Å². The standard InChI is InChI=1S/C21H25NO3/c1-3-7-18(16-8-5-4-6-9-16)21(23)22-15(2)17-10-11-19-20(14-17)25-13-12-24-19/h4-6,8-11,14-15,18H,3,7,12-13H2,1-2H3,(H,22,23). The van der Waals surface area contributed by atoms with E-state index in [4.69, 9.17) is 9.47 Å². The second-order valence-electron chi connectivity index (χ2n) is 6.39. The number of carbonyl (C=O) groups is 1. The van der Waals surface area contributed by atoms with Crippen LogP contribution in [-0.4, -0.2) is 19.1 Å². The summed E-state index contributed by atoms with van der Waals surface area (Å²) in [6, 6.07) is 15.7. The molecule has 2 unspecified atom stereocenters. The number of amides is 1. The first-order valence-corrected chi connectivity index (χ1v) is 8.94. The van der Waals surface area contributed by atoms with E-state index in [9.17, 15) is 4.79 Å². The van der Waals surface area contributed by atoms with Crippen LogP contribution in [0.15, 0.2) is 48.5 Å². The molecule has 132 valence electrons. The lowest BCUT2D eigenvalue weighted by Gasteiger charge is -2.23. The Morgan fingerprint density at radius 1 is 1.04 bits per heavy atom. The fourth-order valence-electron chi connectivity index (χ4n) is 3.15. The smallest absolute Gasteiger partial charge is 0.228 e. The first kappa shape index (κ1) is 17.3. The maximum absolute atomic E-state index is 12.8. The molecule has 1 aliphatic rings. The van der Waals surface area contributed by atoms with E-state index >= 15 is 0 Å². The van der Waals surface area contributed by atoms with Gasteiger partial charge in [0.15, 0.2) is 11.5 Å². The number of benzene rings is 2. The highest BCUT2D eigenvalue weighted by molar-refractivity contribution is 5.84. The van der Waals surface area contributed by atoms with Crippen LogP contribution in [0.3, 0.4) is 0 Å². The lowest BCUT2D eigenvalue weighted by atomic mass is 9.93. The Bertz CT molecular complexity index is 714. The Kier molecular flexibility index (Phi) is 5.59. The highest BCUT2D eigenvalue weighted by Crippen LogP contribution is 2.33. The number of ether oxygens (including phenoxy) is 2. The highest BCUT2D eigenvalue weighted by Gasteiger charge is 2.22. The topological polar surface area (TPSA) is 47.6 Å². The minimum Gasteiger partial charge on any atom is -0.486 e. The van der Waals surface area contributed by atoms with E-state index in [1.54, 1.807) is 0 Å². The molecular formula is C21H25NO3. The number of nitrogens with one attached hydrogen (secondary N) is 1. The zero-order valence-corrected chi connectivity index (χ0v) is 14.8. The fourth-order valence-corrected chi connectivity index (χ4v) is 3.15.